The highest BCUT2D eigenvalue weighted by Gasteiger charge is 2.63. The van der Waals surface area contributed by atoms with E-state index in [9.17, 15) is 27.6 Å². The third kappa shape index (κ3) is 12.9. The van der Waals surface area contributed by atoms with Gasteiger partial charge in [-0.3, -0.25) is 19.2 Å². The Morgan fingerprint density at radius 1 is 0.372 bits per heavy atom. The summed E-state index contributed by atoms with van der Waals surface area (Å²) in [6.07, 6.45) is 16.8. The molecule has 0 aliphatic carbocycles. The fourth-order valence-electron chi connectivity index (χ4n) is 5.83. The normalized spacial score (nSPS) is 12.4. The summed E-state index contributed by atoms with van der Waals surface area (Å²) in [5, 5.41) is 0. The molecule has 0 fully saturated rings. The summed E-state index contributed by atoms with van der Waals surface area (Å²) in [6.45, 7) is 10.8. The van der Waals surface area contributed by atoms with Crippen molar-refractivity contribution in [3.63, 3.8) is 0 Å². The molecule has 7 heteroatoms. The topological polar surface area (TPSA) is 102 Å². The maximum atomic E-state index is 14.7. The highest BCUT2D eigenvalue weighted by atomic mass is 32.2. The molecule has 0 aliphatic rings. The number of unbranched alkanes of at least 4 members (excludes halogenated alkanes) is 16. The molecule has 6 nitrogen and oxygen atoms in total. The van der Waals surface area contributed by atoms with Gasteiger partial charge in [0.25, 0.3) is 0 Å². The zero-order valence-electron chi connectivity index (χ0n) is 28.8. The van der Waals surface area contributed by atoms with Gasteiger partial charge in [0.05, 0.1) is 0 Å². The molecule has 0 atom stereocenters. The van der Waals surface area contributed by atoms with E-state index in [1.807, 2.05) is 0 Å². The van der Waals surface area contributed by atoms with Crippen LogP contribution in [0.5, 0.6) is 0 Å². The van der Waals surface area contributed by atoms with Crippen molar-refractivity contribution in [2.75, 3.05) is 0 Å². The average molecular weight is 627 g/mol. The Kier molecular flexibility index (Phi) is 22.3. The Hall–Kier alpha value is -1.37. The third-order valence-corrected chi connectivity index (χ3v) is 12.3. The molecule has 0 rings (SSSR count). The fourth-order valence-corrected chi connectivity index (χ4v) is 8.25. The molecule has 0 aliphatic heterocycles. The maximum absolute atomic E-state index is 14.7. The van der Waals surface area contributed by atoms with Crippen molar-refractivity contribution < 1.29 is 27.6 Å². The molecule has 0 bridgehead atoms. The Morgan fingerprint density at radius 2 is 0.558 bits per heavy atom. The lowest BCUT2D eigenvalue weighted by molar-refractivity contribution is -0.130. The molecule has 0 unspecified atom stereocenters. The van der Waals surface area contributed by atoms with Crippen LogP contribution in [-0.4, -0.2) is 41.0 Å². The van der Waals surface area contributed by atoms with Crippen LogP contribution in [0.25, 0.3) is 0 Å². The summed E-state index contributed by atoms with van der Waals surface area (Å²) in [4.78, 5) is 55.4. The molecule has 0 aromatic heterocycles. The van der Waals surface area contributed by atoms with E-state index in [4.69, 9.17) is 0 Å². The molecule has 0 radical (unpaired) electrons. The first kappa shape index (κ1) is 41.6. The Balaban J connectivity index is 6.44. The van der Waals surface area contributed by atoms with E-state index in [2.05, 4.69) is 27.7 Å². The predicted molar refractivity (Wildman–Crippen MR) is 179 cm³/mol. The molecule has 43 heavy (non-hydrogen) atoms. The first-order valence-corrected chi connectivity index (χ1v) is 19.3. The van der Waals surface area contributed by atoms with Crippen LogP contribution in [0.15, 0.2) is 0 Å². The van der Waals surface area contributed by atoms with E-state index in [0.29, 0.717) is 25.7 Å². The van der Waals surface area contributed by atoms with Gasteiger partial charge in [-0.1, -0.05) is 130 Å². The zero-order chi connectivity index (χ0) is 32.8. The lowest BCUT2D eigenvalue weighted by Crippen LogP contribution is -2.63. The third-order valence-electron chi connectivity index (χ3n) is 9.23. The van der Waals surface area contributed by atoms with Gasteiger partial charge in [0.2, 0.25) is 0 Å². The number of ketones is 4. The molecule has 0 amide bonds. The number of sulfone groups is 1. The molecule has 0 saturated carbocycles. The van der Waals surface area contributed by atoms with Crippen LogP contribution in [0.2, 0.25) is 0 Å². The summed E-state index contributed by atoms with van der Waals surface area (Å²) in [7, 11) is -4.85. The van der Waals surface area contributed by atoms with Crippen molar-refractivity contribution >= 4 is 33.0 Å². The molecule has 0 heterocycles. The fraction of sp³-hybridized carbons (Fsp3) is 0.889. The van der Waals surface area contributed by atoms with Gasteiger partial charge in [-0.2, -0.15) is 0 Å². The zero-order valence-corrected chi connectivity index (χ0v) is 29.6. The maximum Gasteiger partial charge on any atom is 0.189 e. The molecule has 252 valence electrons. The summed E-state index contributed by atoms with van der Waals surface area (Å²) in [5.74, 6) is -2.67. The summed E-state index contributed by atoms with van der Waals surface area (Å²) in [5.41, 5.74) is 0. The summed E-state index contributed by atoms with van der Waals surface area (Å²) in [6, 6.07) is 0. The van der Waals surface area contributed by atoms with Gasteiger partial charge in [-0.15, -0.1) is 0 Å². The molecule has 0 N–H and O–H groups in total. The minimum Gasteiger partial charge on any atom is -0.297 e. The van der Waals surface area contributed by atoms with E-state index in [-0.39, 0.29) is 25.7 Å². The molecule has 0 aromatic rings. The van der Waals surface area contributed by atoms with Crippen molar-refractivity contribution in [3.8, 4) is 0 Å². The van der Waals surface area contributed by atoms with Crippen molar-refractivity contribution in [2.45, 2.75) is 205 Å². The molecule has 0 spiro atoms. The Labute approximate surface area is 265 Å². The Bertz CT molecular complexity index is 800. The van der Waals surface area contributed by atoms with Gasteiger partial charge in [0.1, 0.15) is 0 Å². The number of Topliss-reactive ketones (excluding diaryl/α,β-unsaturated/α-hetero) is 4. The smallest absolute Gasteiger partial charge is 0.189 e. The molecule has 0 saturated heterocycles. The second kappa shape index (κ2) is 23.0. The van der Waals surface area contributed by atoms with Crippen molar-refractivity contribution in [1.29, 1.82) is 0 Å². The van der Waals surface area contributed by atoms with Crippen molar-refractivity contribution in [2.24, 2.45) is 0 Å². The van der Waals surface area contributed by atoms with E-state index in [1.54, 1.807) is 0 Å². The summed E-state index contributed by atoms with van der Waals surface area (Å²) < 4.78 is 24.6. The van der Waals surface area contributed by atoms with Crippen molar-refractivity contribution in [1.82, 2.24) is 0 Å². The number of carbonyl (C=O) groups is 4. The Morgan fingerprint density at radius 3 is 0.744 bits per heavy atom. The van der Waals surface area contributed by atoms with Gasteiger partial charge >= 0.3 is 0 Å². The summed E-state index contributed by atoms with van der Waals surface area (Å²) >= 11 is 0. The van der Waals surface area contributed by atoms with Crippen molar-refractivity contribution in [3.05, 3.63) is 0 Å². The quantitative estimate of drug-likeness (QED) is 0.0581. The second-order valence-electron chi connectivity index (χ2n) is 12.9. The average Bonchev–Trinajstić information content (AvgIpc) is 2.98. The minimum atomic E-state index is -4.85. The number of carbonyl (C=O) groups excluding carboxylic acids is 4. The number of hydrogen-bond donors (Lipinski definition) is 0. The standard InChI is InChI=1S/C36H66O6S/c1-7-11-15-19-23-27-31(37)35(5,32(38)28-24-20-16-12-8-2)43(41,42)36(6,33(39)29-25-21-17-13-9-3)34(40)30-26-22-18-14-10-4/h7-30H2,1-6H3. The van der Waals surface area contributed by atoms with Gasteiger partial charge in [-0.25, -0.2) is 8.42 Å². The van der Waals surface area contributed by atoms with E-state index in [0.717, 1.165) is 103 Å². The highest BCUT2D eigenvalue weighted by Crippen LogP contribution is 2.38. The lowest BCUT2D eigenvalue weighted by atomic mass is 9.91. The lowest BCUT2D eigenvalue weighted by Gasteiger charge is -2.36. The monoisotopic (exact) mass is 626 g/mol. The first-order chi connectivity index (χ1) is 20.4. The number of rotatable bonds is 30. The molecule has 0 aromatic carbocycles. The predicted octanol–water partition coefficient (Wildman–Crippen LogP) is 9.64. The van der Waals surface area contributed by atoms with E-state index in [1.165, 1.54) is 13.8 Å². The van der Waals surface area contributed by atoms with Gasteiger partial charge < -0.3 is 0 Å². The SMILES string of the molecule is CCCCCCCC(=O)C(C)(C(=O)CCCCCCC)S(=O)(=O)C(C)(C(=O)CCCCCCC)C(=O)CCCCCCC. The van der Waals surface area contributed by atoms with Crippen LogP contribution >= 0.6 is 0 Å². The first-order valence-electron chi connectivity index (χ1n) is 17.8. The van der Waals surface area contributed by atoms with Gasteiger partial charge in [0, 0.05) is 25.7 Å². The van der Waals surface area contributed by atoms with Crippen LogP contribution < -0.4 is 0 Å². The van der Waals surface area contributed by atoms with Gasteiger partial charge in [-0.05, 0) is 39.5 Å². The number of hydrogen-bond acceptors (Lipinski definition) is 6. The van der Waals surface area contributed by atoms with Crippen LogP contribution in [0, 0.1) is 0 Å². The van der Waals surface area contributed by atoms with E-state index >= 15 is 0 Å². The highest BCUT2D eigenvalue weighted by molar-refractivity contribution is 7.97. The van der Waals surface area contributed by atoms with Gasteiger partial charge in [0.15, 0.2) is 42.5 Å². The molecular formula is C36H66O6S. The largest absolute Gasteiger partial charge is 0.297 e. The van der Waals surface area contributed by atoms with Crippen LogP contribution in [0.1, 0.15) is 196 Å². The van der Waals surface area contributed by atoms with E-state index < -0.39 is 42.5 Å². The second-order valence-corrected chi connectivity index (χ2v) is 15.6. The minimum absolute atomic E-state index is 0.0481. The van der Waals surface area contributed by atoms with Crippen LogP contribution in [0.4, 0.5) is 0 Å². The molecular weight excluding hydrogens is 560 g/mol. The van der Waals surface area contributed by atoms with Crippen LogP contribution in [0.3, 0.4) is 0 Å². The van der Waals surface area contributed by atoms with Crippen LogP contribution in [-0.2, 0) is 29.0 Å².